The molecule has 86 valence electrons. The predicted octanol–water partition coefficient (Wildman–Crippen LogP) is 1.29. The fourth-order valence-electron chi connectivity index (χ4n) is 1.90. The van der Waals surface area contributed by atoms with Crippen LogP contribution in [-0.4, -0.2) is 32.6 Å². The lowest BCUT2D eigenvalue weighted by Crippen LogP contribution is -2.09. The maximum Gasteiger partial charge on any atom is 0.180 e. The average Bonchev–Trinajstić information content (AvgIpc) is 2.85. The first-order chi connectivity index (χ1) is 8.40. The number of para-hydroxylation sites is 2. The molecule has 0 aliphatic rings. The van der Waals surface area contributed by atoms with E-state index in [2.05, 4.69) is 15.3 Å². The van der Waals surface area contributed by atoms with Crippen molar-refractivity contribution >= 4 is 22.5 Å². The molecule has 5 heteroatoms. The van der Waals surface area contributed by atoms with Gasteiger partial charge in [0.15, 0.2) is 11.5 Å². The first kappa shape index (κ1) is 10.0. The molecule has 0 radical (unpaired) electrons. The zero-order chi connectivity index (χ0) is 11.7. The van der Waals surface area contributed by atoms with Crippen LogP contribution in [0.3, 0.4) is 0 Å². The quantitative estimate of drug-likeness (QED) is 0.709. The van der Waals surface area contributed by atoms with E-state index in [4.69, 9.17) is 5.11 Å². The van der Waals surface area contributed by atoms with Crippen molar-refractivity contribution in [1.29, 1.82) is 0 Å². The van der Waals surface area contributed by atoms with Gasteiger partial charge in [-0.25, -0.2) is 9.97 Å². The minimum absolute atomic E-state index is 0.0708. The van der Waals surface area contributed by atoms with Crippen LogP contribution in [0.2, 0.25) is 0 Å². The smallest absolute Gasteiger partial charge is 0.180 e. The summed E-state index contributed by atoms with van der Waals surface area (Å²) in [5.41, 5.74) is 2.70. The Bertz CT molecular complexity index is 662. The zero-order valence-corrected chi connectivity index (χ0v) is 9.17. The van der Waals surface area contributed by atoms with E-state index in [9.17, 15) is 0 Å². The molecule has 2 heterocycles. The molecule has 0 amide bonds. The van der Waals surface area contributed by atoms with Gasteiger partial charge in [0.25, 0.3) is 0 Å². The molecule has 3 rings (SSSR count). The minimum Gasteiger partial charge on any atom is -0.395 e. The summed E-state index contributed by atoms with van der Waals surface area (Å²) in [5, 5.41) is 11.9. The largest absolute Gasteiger partial charge is 0.395 e. The second kappa shape index (κ2) is 4.03. The molecule has 1 aromatic carbocycles. The van der Waals surface area contributed by atoms with Gasteiger partial charge < -0.3 is 10.4 Å². The molecule has 0 fully saturated rings. The van der Waals surface area contributed by atoms with E-state index in [0.717, 1.165) is 16.7 Å². The summed E-state index contributed by atoms with van der Waals surface area (Å²) in [5.74, 6) is 0.697. The highest BCUT2D eigenvalue weighted by Crippen LogP contribution is 2.19. The van der Waals surface area contributed by atoms with E-state index < -0.39 is 0 Å². The van der Waals surface area contributed by atoms with Gasteiger partial charge in [-0.3, -0.25) is 4.40 Å². The number of fused-ring (bicyclic) bond motifs is 3. The molecular weight excluding hydrogens is 216 g/mol. The summed E-state index contributed by atoms with van der Waals surface area (Å²) in [4.78, 5) is 8.79. The van der Waals surface area contributed by atoms with E-state index >= 15 is 0 Å². The average molecular weight is 228 g/mol. The Labute approximate surface area is 97.7 Å². The molecule has 2 N–H and O–H groups in total. The molecule has 0 aliphatic heterocycles. The maximum absolute atomic E-state index is 8.85. The number of nitrogens with zero attached hydrogens (tertiary/aromatic N) is 3. The minimum atomic E-state index is 0.0708. The van der Waals surface area contributed by atoms with Crippen LogP contribution >= 0.6 is 0 Å². The van der Waals surface area contributed by atoms with Crippen molar-refractivity contribution in [3.05, 3.63) is 36.7 Å². The van der Waals surface area contributed by atoms with E-state index in [0.29, 0.717) is 12.4 Å². The lowest BCUT2D eigenvalue weighted by atomic mass is 10.3. The summed E-state index contributed by atoms with van der Waals surface area (Å²) in [7, 11) is 0. The number of aliphatic hydroxyl groups is 1. The molecule has 0 unspecified atom stereocenters. The van der Waals surface area contributed by atoms with Crippen molar-refractivity contribution in [2.75, 3.05) is 18.5 Å². The summed E-state index contributed by atoms with van der Waals surface area (Å²) >= 11 is 0. The molecule has 0 bridgehead atoms. The Morgan fingerprint density at radius 1 is 1.29 bits per heavy atom. The van der Waals surface area contributed by atoms with Gasteiger partial charge in [-0.2, -0.15) is 0 Å². The number of nitrogens with one attached hydrogen (secondary N) is 1. The standard InChI is InChI=1S/C12H12N4O/c17-8-6-13-11-12-14-5-7-16(12)10-4-2-1-3-9(10)15-11/h1-5,7,17H,6,8H2,(H,13,15). The topological polar surface area (TPSA) is 62.5 Å². The first-order valence-corrected chi connectivity index (χ1v) is 5.46. The number of hydrogen-bond acceptors (Lipinski definition) is 4. The molecule has 0 aliphatic carbocycles. The molecule has 0 atom stereocenters. The Morgan fingerprint density at radius 3 is 3.06 bits per heavy atom. The molecule has 0 saturated carbocycles. The third-order valence-electron chi connectivity index (χ3n) is 2.63. The molecule has 3 aromatic rings. The Morgan fingerprint density at radius 2 is 2.18 bits per heavy atom. The highest BCUT2D eigenvalue weighted by atomic mass is 16.3. The molecule has 17 heavy (non-hydrogen) atoms. The lowest BCUT2D eigenvalue weighted by Gasteiger charge is -2.08. The van der Waals surface area contributed by atoms with Crippen molar-refractivity contribution in [2.45, 2.75) is 0 Å². The summed E-state index contributed by atoms with van der Waals surface area (Å²) < 4.78 is 1.99. The van der Waals surface area contributed by atoms with Crippen LogP contribution in [0.5, 0.6) is 0 Å². The monoisotopic (exact) mass is 228 g/mol. The Balaban J connectivity index is 2.28. The summed E-state index contributed by atoms with van der Waals surface area (Å²) in [6, 6.07) is 7.89. The molecule has 2 aromatic heterocycles. The van der Waals surface area contributed by atoms with Crippen LogP contribution < -0.4 is 5.32 Å². The van der Waals surface area contributed by atoms with Crippen LogP contribution in [0.1, 0.15) is 0 Å². The van der Waals surface area contributed by atoms with Crippen LogP contribution in [0.4, 0.5) is 5.82 Å². The van der Waals surface area contributed by atoms with Gasteiger partial charge in [-0.1, -0.05) is 12.1 Å². The number of imidazole rings is 1. The van der Waals surface area contributed by atoms with Crippen LogP contribution in [0.15, 0.2) is 36.7 Å². The Kier molecular flexibility index (Phi) is 2.38. The summed E-state index contributed by atoms with van der Waals surface area (Å²) in [6.45, 7) is 0.537. The van der Waals surface area contributed by atoms with Crippen molar-refractivity contribution in [3.8, 4) is 0 Å². The number of benzene rings is 1. The van der Waals surface area contributed by atoms with Gasteiger partial charge in [0.2, 0.25) is 0 Å². The van der Waals surface area contributed by atoms with Gasteiger partial charge >= 0.3 is 0 Å². The number of hydrogen-bond donors (Lipinski definition) is 2. The van der Waals surface area contributed by atoms with E-state index in [1.165, 1.54) is 0 Å². The zero-order valence-electron chi connectivity index (χ0n) is 9.17. The van der Waals surface area contributed by atoms with Crippen LogP contribution in [-0.2, 0) is 0 Å². The maximum atomic E-state index is 8.85. The first-order valence-electron chi connectivity index (χ1n) is 5.46. The highest BCUT2D eigenvalue weighted by Gasteiger charge is 2.07. The van der Waals surface area contributed by atoms with Crippen LogP contribution in [0, 0.1) is 0 Å². The second-order valence-corrected chi connectivity index (χ2v) is 3.72. The SMILES string of the molecule is OCCNc1nc2ccccc2n2ccnc12. The van der Waals surface area contributed by atoms with Crippen LogP contribution in [0.25, 0.3) is 16.7 Å². The van der Waals surface area contributed by atoms with Crippen molar-refractivity contribution in [3.63, 3.8) is 0 Å². The van der Waals surface area contributed by atoms with Crippen molar-refractivity contribution in [1.82, 2.24) is 14.4 Å². The number of rotatable bonds is 3. The molecule has 5 nitrogen and oxygen atoms in total. The lowest BCUT2D eigenvalue weighted by molar-refractivity contribution is 0.311. The van der Waals surface area contributed by atoms with Gasteiger partial charge in [0, 0.05) is 18.9 Å². The predicted molar refractivity (Wildman–Crippen MR) is 66.1 cm³/mol. The molecule has 0 spiro atoms. The molecular formula is C12H12N4O. The number of anilines is 1. The van der Waals surface area contributed by atoms with Gasteiger partial charge in [0.1, 0.15) is 0 Å². The number of aliphatic hydroxyl groups excluding tert-OH is 1. The van der Waals surface area contributed by atoms with Gasteiger partial charge in [-0.15, -0.1) is 0 Å². The highest BCUT2D eigenvalue weighted by molar-refractivity contribution is 5.82. The van der Waals surface area contributed by atoms with Crippen molar-refractivity contribution in [2.24, 2.45) is 0 Å². The van der Waals surface area contributed by atoms with Gasteiger partial charge in [0.05, 0.1) is 17.6 Å². The normalized spacial score (nSPS) is 11.1. The Hall–Kier alpha value is -2.14. The number of aromatic nitrogens is 3. The fraction of sp³-hybridized carbons (Fsp3) is 0.167. The third-order valence-corrected chi connectivity index (χ3v) is 2.63. The van der Waals surface area contributed by atoms with E-state index in [1.807, 2.05) is 34.9 Å². The fourth-order valence-corrected chi connectivity index (χ4v) is 1.90. The van der Waals surface area contributed by atoms with Crippen molar-refractivity contribution < 1.29 is 5.11 Å². The second-order valence-electron chi connectivity index (χ2n) is 3.72. The third kappa shape index (κ3) is 1.60. The van der Waals surface area contributed by atoms with Gasteiger partial charge in [-0.05, 0) is 12.1 Å². The van der Waals surface area contributed by atoms with E-state index in [-0.39, 0.29) is 6.61 Å². The summed E-state index contributed by atoms with van der Waals surface area (Å²) in [6.07, 6.45) is 3.65. The molecule has 0 saturated heterocycles. The van der Waals surface area contributed by atoms with E-state index in [1.54, 1.807) is 6.20 Å².